The summed E-state index contributed by atoms with van der Waals surface area (Å²) in [4.78, 5) is 18.4. The molecule has 0 atom stereocenters. The largest absolute Gasteiger partial charge is 0.378 e. The van der Waals surface area contributed by atoms with Crippen LogP contribution in [-0.4, -0.2) is 48.8 Å². The molecule has 7 heteroatoms. The molecular formula is C11H14N4O2S. The van der Waals surface area contributed by atoms with Crippen LogP contribution in [0.1, 0.15) is 4.88 Å². The third-order valence-corrected chi connectivity index (χ3v) is 3.16. The molecule has 18 heavy (non-hydrogen) atoms. The Bertz CT molecular complexity index is 471. The van der Waals surface area contributed by atoms with Crippen LogP contribution in [0.4, 0.5) is 9.93 Å². The van der Waals surface area contributed by atoms with Crippen LogP contribution in [0.25, 0.3) is 0 Å². The molecule has 0 bridgehead atoms. The van der Waals surface area contributed by atoms with Gasteiger partial charge in [-0.3, -0.25) is 5.32 Å². The van der Waals surface area contributed by atoms with Gasteiger partial charge in [0.15, 0.2) is 5.13 Å². The fraction of sp³-hybridized carbons (Fsp3) is 0.455. The highest BCUT2D eigenvalue weighted by atomic mass is 32.1. The van der Waals surface area contributed by atoms with E-state index in [1.807, 2.05) is 0 Å². The predicted molar refractivity (Wildman–Crippen MR) is 69.5 cm³/mol. The first kappa shape index (κ1) is 12.8. The van der Waals surface area contributed by atoms with Crippen LogP contribution in [0.15, 0.2) is 6.20 Å². The van der Waals surface area contributed by atoms with Gasteiger partial charge in [-0.15, -0.1) is 0 Å². The smallest absolute Gasteiger partial charge is 0.323 e. The van der Waals surface area contributed by atoms with Crippen molar-refractivity contribution in [3.8, 4) is 11.8 Å². The standard InChI is InChI=1S/C11H14N4O2S/c12-3-1-2-9-8-13-10(18-9)14-11(16)15-4-6-17-7-5-15/h8H,3-7,12H2,(H,13,14,16). The highest BCUT2D eigenvalue weighted by molar-refractivity contribution is 7.16. The van der Waals surface area contributed by atoms with E-state index in [0.717, 1.165) is 4.88 Å². The van der Waals surface area contributed by atoms with Gasteiger partial charge in [0, 0.05) is 13.1 Å². The van der Waals surface area contributed by atoms with Crippen molar-refractivity contribution in [2.75, 3.05) is 38.2 Å². The number of morpholine rings is 1. The molecule has 2 amide bonds. The van der Waals surface area contributed by atoms with E-state index >= 15 is 0 Å². The molecule has 3 N–H and O–H groups in total. The Kier molecular flexibility index (Phi) is 4.52. The monoisotopic (exact) mass is 266 g/mol. The van der Waals surface area contributed by atoms with E-state index in [1.165, 1.54) is 11.3 Å². The lowest BCUT2D eigenvalue weighted by atomic mass is 10.4. The van der Waals surface area contributed by atoms with Gasteiger partial charge in [0.2, 0.25) is 0 Å². The van der Waals surface area contributed by atoms with Gasteiger partial charge < -0.3 is 15.4 Å². The summed E-state index contributed by atoms with van der Waals surface area (Å²) in [6, 6.07) is -0.147. The fourth-order valence-corrected chi connectivity index (χ4v) is 2.15. The van der Waals surface area contributed by atoms with Crippen molar-refractivity contribution in [3.05, 3.63) is 11.1 Å². The average molecular weight is 266 g/mol. The van der Waals surface area contributed by atoms with Crippen LogP contribution < -0.4 is 11.1 Å². The Hall–Kier alpha value is -1.62. The maximum Gasteiger partial charge on any atom is 0.323 e. The summed E-state index contributed by atoms with van der Waals surface area (Å²) in [6.07, 6.45) is 1.63. The molecule has 2 rings (SSSR count). The first-order chi connectivity index (χ1) is 8.79. The van der Waals surface area contributed by atoms with Crippen molar-refractivity contribution in [3.63, 3.8) is 0 Å². The van der Waals surface area contributed by atoms with Crippen molar-refractivity contribution in [2.45, 2.75) is 0 Å². The number of urea groups is 1. The molecule has 0 aromatic carbocycles. The number of aromatic nitrogens is 1. The van der Waals surface area contributed by atoms with Crippen LogP contribution in [0.2, 0.25) is 0 Å². The molecular weight excluding hydrogens is 252 g/mol. The third-order valence-electron chi connectivity index (χ3n) is 2.33. The summed E-state index contributed by atoms with van der Waals surface area (Å²) in [6.45, 7) is 2.69. The van der Waals surface area contributed by atoms with Crippen molar-refractivity contribution < 1.29 is 9.53 Å². The number of amides is 2. The summed E-state index contributed by atoms with van der Waals surface area (Å²) < 4.78 is 5.18. The average Bonchev–Trinajstić information content (AvgIpc) is 2.85. The lowest BCUT2D eigenvalue weighted by Gasteiger charge is -2.26. The number of thiazole rings is 1. The maximum absolute atomic E-state index is 11.9. The second-order valence-corrected chi connectivity index (χ2v) is 4.60. The summed E-state index contributed by atoms with van der Waals surface area (Å²) in [5.74, 6) is 5.62. The van der Waals surface area contributed by atoms with Crippen LogP contribution >= 0.6 is 11.3 Å². The first-order valence-corrected chi connectivity index (χ1v) is 6.39. The number of hydrogen-bond acceptors (Lipinski definition) is 5. The van der Waals surface area contributed by atoms with Crippen molar-refractivity contribution in [1.82, 2.24) is 9.88 Å². The molecule has 6 nitrogen and oxygen atoms in total. The van der Waals surface area contributed by atoms with Crippen LogP contribution in [0.3, 0.4) is 0 Å². The second-order valence-electron chi connectivity index (χ2n) is 3.57. The summed E-state index contributed by atoms with van der Waals surface area (Å²) >= 11 is 1.34. The van der Waals surface area contributed by atoms with Crippen molar-refractivity contribution >= 4 is 22.5 Å². The quantitative estimate of drug-likeness (QED) is 0.717. The number of hydrogen-bond donors (Lipinski definition) is 2. The Balaban J connectivity index is 1.92. The third kappa shape index (κ3) is 3.43. The molecule has 0 unspecified atom stereocenters. The van der Waals surface area contributed by atoms with E-state index in [2.05, 4.69) is 22.1 Å². The zero-order valence-corrected chi connectivity index (χ0v) is 10.6. The summed E-state index contributed by atoms with van der Waals surface area (Å²) in [5.41, 5.74) is 5.28. The molecule has 2 heterocycles. The van der Waals surface area contributed by atoms with E-state index in [1.54, 1.807) is 11.1 Å². The highest BCUT2D eigenvalue weighted by Gasteiger charge is 2.17. The fourth-order valence-electron chi connectivity index (χ4n) is 1.46. The van der Waals surface area contributed by atoms with E-state index < -0.39 is 0 Å². The predicted octanol–water partition coefficient (Wildman–Crippen LogP) is 0.317. The van der Waals surface area contributed by atoms with Gasteiger partial charge in [0.25, 0.3) is 0 Å². The molecule has 1 fully saturated rings. The second kappa shape index (κ2) is 6.35. The van der Waals surface area contributed by atoms with Crippen LogP contribution in [-0.2, 0) is 4.74 Å². The Morgan fingerprint density at radius 1 is 1.61 bits per heavy atom. The summed E-state index contributed by atoms with van der Waals surface area (Å²) in [7, 11) is 0. The van der Waals surface area contributed by atoms with Crippen LogP contribution in [0.5, 0.6) is 0 Å². The molecule has 0 aliphatic carbocycles. The van der Waals surface area contributed by atoms with Gasteiger partial charge in [-0.05, 0) is 0 Å². The molecule has 1 aliphatic rings. The maximum atomic E-state index is 11.9. The number of carbonyl (C=O) groups is 1. The summed E-state index contributed by atoms with van der Waals surface area (Å²) in [5, 5.41) is 3.30. The highest BCUT2D eigenvalue weighted by Crippen LogP contribution is 2.17. The SMILES string of the molecule is NCC#Cc1cnc(NC(=O)N2CCOCC2)s1. The lowest BCUT2D eigenvalue weighted by Crippen LogP contribution is -2.43. The van der Waals surface area contributed by atoms with Crippen molar-refractivity contribution in [1.29, 1.82) is 0 Å². The molecule has 96 valence electrons. The number of nitrogens with one attached hydrogen (secondary N) is 1. The Morgan fingerprint density at radius 2 is 2.39 bits per heavy atom. The zero-order chi connectivity index (χ0) is 12.8. The minimum absolute atomic E-state index is 0.147. The number of rotatable bonds is 1. The number of ether oxygens (including phenoxy) is 1. The van der Waals surface area contributed by atoms with Crippen molar-refractivity contribution in [2.24, 2.45) is 5.73 Å². The molecule has 0 spiro atoms. The molecule has 1 aromatic heterocycles. The first-order valence-electron chi connectivity index (χ1n) is 5.58. The van der Waals surface area contributed by atoms with Gasteiger partial charge in [0.05, 0.1) is 30.8 Å². The van der Waals surface area contributed by atoms with E-state index in [9.17, 15) is 4.79 Å². The van der Waals surface area contributed by atoms with Gasteiger partial charge in [-0.1, -0.05) is 23.2 Å². The van der Waals surface area contributed by atoms with Gasteiger partial charge >= 0.3 is 6.03 Å². The van der Waals surface area contributed by atoms with Crippen LogP contribution in [0, 0.1) is 11.8 Å². The Labute approximate surface area is 109 Å². The van der Waals surface area contributed by atoms with Gasteiger partial charge in [-0.25, -0.2) is 9.78 Å². The number of nitrogens with two attached hydrogens (primary N) is 1. The topological polar surface area (TPSA) is 80.5 Å². The number of nitrogens with zero attached hydrogens (tertiary/aromatic N) is 2. The molecule has 1 aliphatic heterocycles. The Morgan fingerprint density at radius 3 is 3.11 bits per heavy atom. The molecule has 0 radical (unpaired) electrons. The number of anilines is 1. The molecule has 1 saturated heterocycles. The normalized spacial score (nSPS) is 14.8. The molecule has 0 saturated carbocycles. The minimum atomic E-state index is -0.147. The van der Waals surface area contributed by atoms with Gasteiger partial charge in [-0.2, -0.15) is 0 Å². The molecule has 1 aromatic rings. The van der Waals surface area contributed by atoms with Gasteiger partial charge in [0.1, 0.15) is 0 Å². The minimum Gasteiger partial charge on any atom is -0.378 e. The van der Waals surface area contributed by atoms with E-state index in [-0.39, 0.29) is 6.03 Å². The zero-order valence-electron chi connectivity index (χ0n) is 9.81. The van der Waals surface area contributed by atoms with E-state index in [4.69, 9.17) is 10.5 Å². The lowest BCUT2D eigenvalue weighted by molar-refractivity contribution is 0.0564. The van der Waals surface area contributed by atoms with E-state index in [0.29, 0.717) is 38.0 Å². The number of carbonyl (C=O) groups excluding carboxylic acids is 1.